The van der Waals surface area contributed by atoms with Gasteiger partial charge in [-0.3, -0.25) is 4.79 Å². The molecule has 0 unspecified atom stereocenters. The minimum absolute atomic E-state index is 0.00913. The van der Waals surface area contributed by atoms with Crippen LogP contribution < -0.4 is 5.32 Å². The molecular weight excluding hydrogens is 256 g/mol. The van der Waals surface area contributed by atoms with Crippen LogP contribution in [0.1, 0.15) is 59.3 Å². The van der Waals surface area contributed by atoms with E-state index in [1.54, 1.807) is 20.8 Å². The largest absolute Gasteiger partial charge is 0.444 e. The number of carbonyl (C=O) groups is 2. The van der Waals surface area contributed by atoms with Gasteiger partial charge in [0.25, 0.3) is 0 Å². The fraction of sp³-hybridized carbons (Fsp3) is 0.800. The second kappa shape index (κ2) is 7.28. The van der Waals surface area contributed by atoms with Crippen molar-refractivity contribution in [2.75, 3.05) is 0 Å². The lowest BCUT2D eigenvalue weighted by molar-refractivity contribution is -0.121. The number of rotatable bonds is 5. The number of Topliss-reactive ketones (excluding diaryl/α,β-unsaturated/α-hetero) is 1. The van der Waals surface area contributed by atoms with E-state index in [1.165, 1.54) is 12.8 Å². The van der Waals surface area contributed by atoms with Crippen LogP contribution in [0.25, 0.3) is 0 Å². The molecule has 1 N–H and O–H groups in total. The number of nitriles is 1. The lowest BCUT2D eigenvalue weighted by Gasteiger charge is -2.22. The minimum atomic E-state index is -0.754. The van der Waals surface area contributed by atoms with Crippen LogP contribution in [0.4, 0.5) is 4.79 Å². The number of alkyl carbamates (subject to hydrolysis) is 1. The number of ketones is 1. The number of carbonyl (C=O) groups excluding carboxylic acids is 2. The maximum atomic E-state index is 12.2. The molecule has 0 aromatic carbocycles. The first-order valence-corrected chi connectivity index (χ1v) is 7.21. The van der Waals surface area contributed by atoms with E-state index in [2.05, 4.69) is 5.32 Å². The monoisotopic (exact) mass is 280 g/mol. The molecule has 1 aliphatic carbocycles. The van der Waals surface area contributed by atoms with E-state index in [9.17, 15) is 9.59 Å². The summed E-state index contributed by atoms with van der Waals surface area (Å²) in [5.74, 6) is 0.341. The Hall–Kier alpha value is -1.57. The Balaban J connectivity index is 2.52. The number of amides is 1. The van der Waals surface area contributed by atoms with Gasteiger partial charge in [0.15, 0.2) is 5.78 Å². The molecule has 1 amide bonds. The summed E-state index contributed by atoms with van der Waals surface area (Å²) in [6, 6.07) is 1.20. The van der Waals surface area contributed by atoms with Crippen LogP contribution in [-0.2, 0) is 9.53 Å². The van der Waals surface area contributed by atoms with E-state index in [4.69, 9.17) is 10.00 Å². The molecule has 0 heterocycles. The van der Waals surface area contributed by atoms with Gasteiger partial charge in [0, 0.05) is 6.42 Å². The molecular formula is C15H24N2O3. The van der Waals surface area contributed by atoms with Crippen LogP contribution in [0.5, 0.6) is 0 Å². The quantitative estimate of drug-likeness (QED) is 0.839. The molecule has 112 valence electrons. The topological polar surface area (TPSA) is 79.2 Å². The van der Waals surface area contributed by atoms with Crippen molar-refractivity contribution in [2.45, 2.75) is 70.9 Å². The highest BCUT2D eigenvalue weighted by Gasteiger charge is 2.27. The minimum Gasteiger partial charge on any atom is -0.444 e. The maximum Gasteiger partial charge on any atom is 0.408 e. The molecule has 1 fully saturated rings. The third kappa shape index (κ3) is 6.05. The van der Waals surface area contributed by atoms with Crippen molar-refractivity contribution < 1.29 is 14.3 Å². The summed E-state index contributed by atoms with van der Waals surface area (Å²) < 4.78 is 5.12. The Morgan fingerprint density at radius 3 is 2.45 bits per heavy atom. The molecule has 5 heteroatoms. The molecule has 1 rings (SSSR count). The molecule has 1 atom stereocenters. The molecule has 1 saturated carbocycles. The summed E-state index contributed by atoms with van der Waals surface area (Å²) in [6.07, 6.45) is 4.26. The summed E-state index contributed by atoms with van der Waals surface area (Å²) in [5, 5.41) is 11.3. The molecule has 0 aliphatic heterocycles. The first kappa shape index (κ1) is 16.5. The first-order chi connectivity index (χ1) is 9.31. The SMILES string of the molecule is CC(C)(C)OC(=O)N[C@H](CC#N)C(=O)CC1CCCC1. The molecule has 20 heavy (non-hydrogen) atoms. The van der Waals surface area contributed by atoms with Gasteiger partial charge in [0.1, 0.15) is 11.6 Å². The summed E-state index contributed by atoms with van der Waals surface area (Å²) in [7, 11) is 0. The van der Waals surface area contributed by atoms with Crippen molar-refractivity contribution in [3.05, 3.63) is 0 Å². The standard InChI is InChI=1S/C15H24N2O3/c1-15(2,3)20-14(19)17-12(8-9-16)13(18)10-11-6-4-5-7-11/h11-12H,4-8,10H2,1-3H3,(H,17,19)/t12-/m1/s1. The normalized spacial score (nSPS) is 17.3. The zero-order valence-electron chi connectivity index (χ0n) is 12.6. The fourth-order valence-electron chi connectivity index (χ4n) is 2.43. The van der Waals surface area contributed by atoms with Crippen LogP contribution in [0, 0.1) is 17.2 Å². The van der Waals surface area contributed by atoms with Gasteiger partial charge in [-0.05, 0) is 26.7 Å². The van der Waals surface area contributed by atoms with Gasteiger partial charge in [-0.15, -0.1) is 0 Å². The summed E-state index contributed by atoms with van der Waals surface area (Å²) in [4.78, 5) is 23.9. The average Bonchev–Trinajstić information content (AvgIpc) is 2.78. The Morgan fingerprint density at radius 1 is 1.35 bits per heavy atom. The Kier molecular flexibility index (Phi) is 6.00. The summed E-state index contributed by atoms with van der Waals surface area (Å²) in [5.41, 5.74) is -0.615. The summed E-state index contributed by atoms with van der Waals surface area (Å²) >= 11 is 0. The van der Waals surface area contributed by atoms with Gasteiger partial charge in [-0.1, -0.05) is 25.7 Å². The van der Waals surface area contributed by atoms with Crippen molar-refractivity contribution >= 4 is 11.9 Å². The highest BCUT2D eigenvalue weighted by Crippen LogP contribution is 2.28. The molecule has 5 nitrogen and oxygen atoms in total. The van der Waals surface area contributed by atoms with Crippen LogP contribution in [0.15, 0.2) is 0 Å². The Morgan fingerprint density at radius 2 is 1.95 bits per heavy atom. The van der Waals surface area contributed by atoms with Crippen molar-refractivity contribution in [3.63, 3.8) is 0 Å². The fourth-order valence-corrected chi connectivity index (χ4v) is 2.43. The maximum absolute atomic E-state index is 12.2. The van der Waals surface area contributed by atoms with Crippen LogP contribution in [0.2, 0.25) is 0 Å². The Labute approximate surface area is 120 Å². The van der Waals surface area contributed by atoms with Crippen LogP contribution in [0.3, 0.4) is 0 Å². The van der Waals surface area contributed by atoms with E-state index < -0.39 is 17.7 Å². The zero-order chi connectivity index (χ0) is 15.2. The Bertz CT molecular complexity index is 387. The van der Waals surface area contributed by atoms with Crippen molar-refractivity contribution in [3.8, 4) is 6.07 Å². The van der Waals surface area contributed by atoms with Crippen molar-refractivity contribution in [1.29, 1.82) is 5.26 Å². The molecule has 1 aliphatic rings. The van der Waals surface area contributed by atoms with Gasteiger partial charge in [0.2, 0.25) is 0 Å². The summed E-state index contributed by atoms with van der Waals surface area (Å²) in [6.45, 7) is 5.27. The predicted molar refractivity (Wildman–Crippen MR) is 75.0 cm³/mol. The van der Waals surface area contributed by atoms with E-state index >= 15 is 0 Å². The van der Waals surface area contributed by atoms with E-state index in [0.29, 0.717) is 12.3 Å². The number of hydrogen-bond donors (Lipinski definition) is 1. The van der Waals surface area contributed by atoms with Crippen LogP contribution in [-0.4, -0.2) is 23.5 Å². The van der Waals surface area contributed by atoms with Crippen molar-refractivity contribution in [1.82, 2.24) is 5.32 Å². The van der Waals surface area contributed by atoms with Crippen LogP contribution >= 0.6 is 0 Å². The van der Waals surface area contributed by atoms with Gasteiger partial charge >= 0.3 is 6.09 Å². The molecule has 0 aromatic heterocycles. The average molecular weight is 280 g/mol. The second-order valence-electron chi connectivity index (χ2n) is 6.38. The van der Waals surface area contributed by atoms with Gasteiger partial charge < -0.3 is 10.1 Å². The lowest BCUT2D eigenvalue weighted by atomic mass is 9.96. The second-order valence-corrected chi connectivity index (χ2v) is 6.38. The number of hydrogen-bond acceptors (Lipinski definition) is 4. The highest BCUT2D eigenvalue weighted by atomic mass is 16.6. The smallest absolute Gasteiger partial charge is 0.408 e. The zero-order valence-corrected chi connectivity index (χ0v) is 12.6. The molecule has 0 spiro atoms. The predicted octanol–water partition coefficient (Wildman–Crippen LogP) is 2.94. The van der Waals surface area contributed by atoms with E-state index in [-0.39, 0.29) is 12.2 Å². The molecule has 0 radical (unpaired) electrons. The van der Waals surface area contributed by atoms with Gasteiger partial charge in [0.05, 0.1) is 12.5 Å². The number of ether oxygens (including phenoxy) is 1. The lowest BCUT2D eigenvalue weighted by Crippen LogP contribution is -2.43. The number of nitrogens with one attached hydrogen (secondary N) is 1. The van der Waals surface area contributed by atoms with Crippen molar-refractivity contribution in [2.24, 2.45) is 5.92 Å². The van der Waals surface area contributed by atoms with E-state index in [1.807, 2.05) is 6.07 Å². The highest BCUT2D eigenvalue weighted by molar-refractivity contribution is 5.87. The molecule has 0 aromatic rings. The van der Waals surface area contributed by atoms with Gasteiger partial charge in [-0.2, -0.15) is 5.26 Å². The third-order valence-corrected chi connectivity index (χ3v) is 3.34. The van der Waals surface area contributed by atoms with E-state index in [0.717, 1.165) is 12.8 Å². The number of nitrogens with zero attached hydrogens (tertiary/aromatic N) is 1. The molecule has 0 saturated heterocycles. The van der Waals surface area contributed by atoms with Gasteiger partial charge in [-0.25, -0.2) is 4.79 Å². The third-order valence-electron chi connectivity index (χ3n) is 3.34. The first-order valence-electron chi connectivity index (χ1n) is 7.21. The molecule has 0 bridgehead atoms.